The average molecular weight is 422 g/mol. The number of carbonyl (C=O) groups is 1. The number of methoxy groups -OCH3 is 2. The number of rotatable bonds is 7. The standard InChI is InChI=1S/C18H16ClN3O5S/c1-25-13-6-4-12(5-7-13)22-17(18(24)27-21-22)28-10-16(23)20-14-9-11(19)3-8-15(14)26-2/h3-9H,10H2,1-2H3,(H-,20,21,23,24). The Morgan fingerprint density at radius 1 is 1.25 bits per heavy atom. The SMILES string of the molecule is COc1ccc(-[n+]2noc([O-])c2SCC(=O)Nc2cc(Cl)ccc2OC)cc1. The molecule has 1 amide bonds. The van der Waals surface area contributed by atoms with E-state index in [0.29, 0.717) is 27.9 Å². The second kappa shape index (κ2) is 8.85. The monoisotopic (exact) mass is 421 g/mol. The van der Waals surface area contributed by atoms with E-state index in [2.05, 4.69) is 10.6 Å². The van der Waals surface area contributed by atoms with E-state index in [0.717, 1.165) is 11.8 Å². The summed E-state index contributed by atoms with van der Waals surface area (Å²) in [6.45, 7) is 0. The zero-order valence-electron chi connectivity index (χ0n) is 15.0. The lowest BCUT2D eigenvalue weighted by atomic mass is 10.3. The fraction of sp³-hybridized carbons (Fsp3) is 0.167. The Hall–Kier alpha value is -2.91. The summed E-state index contributed by atoms with van der Waals surface area (Å²) in [6.07, 6.45) is 0. The summed E-state index contributed by atoms with van der Waals surface area (Å²) in [5.74, 6) is 0.133. The molecule has 1 heterocycles. The van der Waals surface area contributed by atoms with Gasteiger partial charge in [-0.1, -0.05) is 11.6 Å². The number of nitrogens with one attached hydrogen (secondary N) is 1. The van der Waals surface area contributed by atoms with Crippen molar-refractivity contribution in [3.8, 4) is 23.1 Å². The molecule has 0 spiro atoms. The van der Waals surface area contributed by atoms with Crippen LogP contribution in [0.25, 0.3) is 5.69 Å². The summed E-state index contributed by atoms with van der Waals surface area (Å²) in [4.78, 5) is 12.3. The minimum atomic E-state index is -0.631. The Kier molecular flexibility index (Phi) is 6.27. The first-order valence-corrected chi connectivity index (χ1v) is 9.38. The Labute approximate surface area is 170 Å². The maximum absolute atomic E-state index is 12.3. The van der Waals surface area contributed by atoms with Gasteiger partial charge in [-0.15, -0.1) is 0 Å². The lowest BCUT2D eigenvalue weighted by molar-refractivity contribution is -0.705. The largest absolute Gasteiger partial charge is 0.538 e. The number of thioether (sulfide) groups is 1. The van der Waals surface area contributed by atoms with Crippen LogP contribution in [0.2, 0.25) is 5.02 Å². The highest BCUT2D eigenvalue weighted by Gasteiger charge is 2.22. The first kappa shape index (κ1) is 19.8. The van der Waals surface area contributed by atoms with E-state index in [1.807, 2.05) is 0 Å². The number of amides is 1. The Morgan fingerprint density at radius 3 is 2.68 bits per heavy atom. The van der Waals surface area contributed by atoms with Gasteiger partial charge in [0.1, 0.15) is 11.5 Å². The first-order chi connectivity index (χ1) is 13.5. The minimum Gasteiger partial charge on any atom is -0.538 e. The maximum Gasteiger partial charge on any atom is 0.298 e. The van der Waals surface area contributed by atoms with Gasteiger partial charge in [0.2, 0.25) is 11.6 Å². The van der Waals surface area contributed by atoms with Gasteiger partial charge in [-0.3, -0.25) is 4.79 Å². The number of benzene rings is 2. The van der Waals surface area contributed by atoms with E-state index in [4.69, 9.17) is 25.6 Å². The Bertz CT molecular complexity index is 978. The van der Waals surface area contributed by atoms with Gasteiger partial charge in [0.15, 0.2) is 5.95 Å². The van der Waals surface area contributed by atoms with Crippen molar-refractivity contribution < 1.29 is 28.6 Å². The topological polar surface area (TPSA) is 101 Å². The number of aromatic nitrogens is 2. The number of hydrogen-bond donors (Lipinski definition) is 1. The van der Waals surface area contributed by atoms with E-state index in [1.165, 1.54) is 11.8 Å². The molecule has 10 heteroatoms. The van der Waals surface area contributed by atoms with Crippen LogP contribution in [-0.4, -0.2) is 31.2 Å². The fourth-order valence-electron chi connectivity index (χ4n) is 2.35. The van der Waals surface area contributed by atoms with E-state index >= 15 is 0 Å². The Morgan fingerprint density at radius 2 is 2.00 bits per heavy atom. The predicted octanol–water partition coefficient (Wildman–Crippen LogP) is 2.43. The number of halogens is 1. The zero-order chi connectivity index (χ0) is 20.1. The third kappa shape index (κ3) is 4.49. The van der Waals surface area contributed by atoms with Gasteiger partial charge in [-0.25, -0.2) is 0 Å². The van der Waals surface area contributed by atoms with Crippen molar-refractivity contribution in [3.05, 3.63) is 47.5 Å². The van der Waals surface area contributed by atoms with Gasteiger partial charge in [0.05, 0.1) is 30.9 Å². The number of hydrogen-bond acceptors (Lipinski definition) is 7. The minimum absolute atomic E-state index is 0.0394. The summed E-state index contributed by atoms with van der Waals surface area (Å²) in [7, 11) is 3.05. The molecule has 3 aromatic rings. The van der Waals surface area contributed by atoms with Gasteiger partial charge in [0.25, 0.3) is 5.03 Å². The molecule has 2 aromatic carbocycles. The second-order valence-electron chi connectivity index (χ2n) is 5.46. The molecule has 0 aliphatic rings. The van der Waals surface area contributed by atoms with E-state index in [1.54, 1.807) is 49.6 Å². The highest BCUT2D eigenvalue weighted by Crippen LogP contribution is 2.29. The molecule has 1 aromatic heterocycles. The number of anilines is 1. The van der Waals surface area contributed by atoms with Crippen molar-refractivity contribution >= 4 is 35.0 Å². The summed E-state index contributed by atoms with van der Waals surface area (Å²) in [6, 6.07) is 11.8. The molecule has 28 heavy (non-hydrogen) atoms. The molecule has 1 N–H and O–H groups in total. The molecule has 146 valence electrons. The molecule has 0 saturated heterocycles. The van der Waals surface area contributed by atoms with Crippen molar-refractivity contribution in [1.82, 2.24) is 5.27 Å². The summed E-state index contributed by atoms with van der Waals surface area (Å²) in [5.41, 5.74) is 1.04. The first-order valence-electron chi connectivity index (χ1n) is 8.01. The van der Waals surface area contributed by atoms with Crippen LogP contribution in [-0.2, 0) is 4.79 Å². The molecular weight excluding hydrogens is 406 g/mol. The summed E-state index contributed by atoms with van der Waals surface area (Å²) >= 11 is 6.97. The van der Waals surface area contributed by atoms with E-state index < -0.39 is 5.95 Å². The number of nitrogens with zero attached hydrogens (tertiary/aromatic N) is 2. The van der Waals surface area contributed by atoms with Crippen molar-refractivity contribution in [1.29, 1.82) is 0 Å². The Balaban J connectivity index is 1.72. The summed E-state index contributed by atoms with van der Waals surface area (Å²) < 4.78 is 16.4. The highest BCUT2D eigenvalue weighted by molar-refractivity contribution is 7.99. The molecule has 0 unspecified atom stereocenters. The lowest BCUT2D eigenvalue weighted by Gasteiger charge is -2.10. The molecule has 3 rings (SSSR count). The highest BCUT2D eigenvalue weighted by atomic mass is 35.5. The predicted molar refractivity (Wildman–Crippen MR) is 101 cm³/mol. The van der Waals surface area contributed by atoms with Crippen LogP contribution in [0, 0.1) is 0 Å². The molecule has 0 aliphatic carbocycles. The molecule has 0 atom stereocenters. The molecule has 8 nitrogen and oxygen atoms in total. The third-order valence-corrected chi connectivity index (χ3v) is 4.92. The smallest absolute Gasteiger partial charge is 0.298 e. The summed E-state index contributed by atoms with van der Waals surface area (Å²) in [5, 5.41) is 19.1. The van der Waals surface area contributed by atoms with Crippen LogP contribution in [0.15, 0.2) is 52.0 Å². The van der Waals surface area contributed by atoms with Gasteiger partial charge in [0, 0.05) is 17.2 Å². The van der Waals surface area contributed by atoms with Gasteiger partial charge in [-0.2, -0.15) is 0 Å². The fourth-order valence-corrected chi connectivity index (χ4v) is 3.27. The van der Waals surface area contributed by atoms with Gasteiger partial charge < -0.3 is 24.4 Å². The zero-order valence-corrected chi connectivity index (χ0v) is 16.5. The van der Waals surface area contributed by atoms with E-state index in [9.17, 15) is 9.90 Å². The normalized spacial score (nSPS) is 10.5. The number of ether oxygens (including phenoxy) is 2. The van der Waals surface area contributed by atoms with Gasteiger partial charge in [-0.05, 0) is 46.8 Å². The van der Waals surface area contributed by atoms with Crippen molar-refractivity contribution in [2.45, 2.75) is 5.03 Å². The second-order valence-corrected chi connectivity index (χ2v) is 6.86. The molecule has 0 radical (unpaired) electrons. The molecule has 0 bridgehead atoms. The van der Waals surface area contributed by atoms with E-state index in [-0.39, 0.29) is 16.7 Å². The van der Waals surface area contributed by atoms with Crippen LogP contribution < -0.4 is 24.6 Å². The third-order valence-electron chi connectivity index (χ3n) is 3.66. The van der Waals surface area contributed by atoms with Crippen LogP contribution in [0.3, 0.4) is 0 Å². The average Bonchev–Trinajstić information content (AvgIpc) is 3.07. The molecule has 0 aliphatic heterocycles. The quantitative estimate of drug-likeness (QED) is 0.461. The van der Waals surface area contributed by atoms with Crippen LogP contribution in [0.5, 0.6) is 17.4 Å². The lowest BCUT2D eigenvalue weighted by Crippen LogP contribution is -2.35. The molecule has 0 fully saturated rings. The van der Waals surface area contributed by atoms with Crippen molar-refractivity contribution in [2.24, 2.45) is 0 Å². The van der Waals surface area contributed by atoms with Crippen LogP contribution in [0.1, 0.15) is 0 Å². The maximum atomic E-state index is 12.3. The molecule has 0 saturated carbocycles. The number of carbonyl (C=O) groups excluding carboxylic acids is 1. The van der Waals surface area contributed by atoms with Crippen molar-refractivity contribution in [3.63, 3.8) is 0 Å². The van der Waals surface area contributed by atoms with Gasteiger partial charge >= 0.3 is 0 Å². The van der Waals surface area contributed by atoms with Crippen LogP contribution in [0.4, 0.5) is 5.69 Å². The van der Waals surface area contributed by atoms with Crippen molar-refractivity contribution in [2.75, 3.05) is 25.3 Å². The molecular formula is C18H16ClN3O5S. The van der Waals surface area contributed by atoms with Crippen LogP contribution >= 0.6 is 23.4 Å².